The Kier molecular flexibility index (Phi) is 3.54. The largest absolute Gasteiger partial charge is 0.507 e. The van der Waals surface area contributed by atoms with E-state index in [1.807, 2.05) is 48.5 Å². The molecule has 1 aliphatic carbocycles. The van der Waals surface area contributed by atoms with Crippen molar-refractivity contribution in [3.05, 3.63) is 93.5 Å². The average molecular weight is 378 g/mol. The van der Waals surface area contributed by atoms with Gasteiger partial charge in [-0.15, -0.1) is 0 Å². The third kappa shape index (κ3) is 2.27. The van der Waals surface area contributed by atoms with Gasteiger partial charge in [-0.05, 0) is 24.3 Å². The van der Waals surface area contributed by atoms with Crippen LogP contribution in [0.15, 0.2) is 76.2 Å². The van der Waals surface area contributed by atoms with Crippen LogP contribution < -0.4 is 0 Å². The summed E-state index contributed by atoms with van der Waals surface area (Å²) < 4.78 is 0.649. The molecule has 0 amide bonds. The van der Waals surface area contributed by atoms with Gasteiger partial charge in [-0.2, -0.15) is 0 Å². The summed E-state index contributed by atoms with van der Waals surface area (Å²) in [7, 11) is 0. The highest BCUT2D eigenvalue weighted by Crippen LogP contribution is 2.38. The minimum absolute atomic E-state index is 0.0470. The molecule has 0 bridgehead atoms. The number of hydrogen-bond donors (Lipinski definition) is 1. The second-order valence-electron chi connectivity index (χ2n) is 5.49. The molecule has 0 radical (unpaired) electrons. The number of nitrogens with zero attached hydrogens (tertiary/aromatic N) is 1. The highest BCUT2D eigenvalue weighted by molar-refractivity contribution is 9.10. The fraction of sp³-hybridized carbons (Fsp3) is 0. The summed E-state index contributed by atoms with van der Waals surface area (Å²) in [5, 5.41) is 10.4. The topological polar surface area (TPSA) is 49.7 Å². The predicted octanol–water partition coefficient (Wildman–Crippen LogP) is 4.87. The number of benzene rings is 3. The van der Waals surface area contributed by atoms with E-state index in [1.165, 1.54) is 0 Å². The molecule has 0 fully saturated rings. The minimum atomic E-state index is -0.115. The molecule has 3 aromatic rings. The number of para-hydroxylation sites is 1. The first-order chi connectivity index (χ1) is 11.7. The molecule has 4 rings (SSSR count). The fourth-order valence-corrected chi connectivity index (χ4v) is 3.44. The van der Waals surface area contributed by atoms with Gasteiger partial charge in [0.25, 0.3) is 0 Å². The van der Waals surface area contributed by atoms with Gasteiger partial charge in [0.1, 0.15) is 5.75 Å². The number of phenolic OH excluding ortho intramolecular Hbond substituents is 1. The second-order valence-corrected chi connectivity index (χ2v) is 6.34. The van der Waals surface area contributed by atoms with Crippen molar-refractivity contribution in [1.82, 2.24) is 0 Å². The standard InChI is InChI=1S/C20H12BrNO2/c21-15-10-11-16(23)18-17(15)20(24)14-9-5-4-8-13(14)19(18)22-12-6-2-1-3-7-12/h1-11,23H. The molecule has 0 saturated carbocycles. The number of fused-ring (bicyclic) bond motifs is 2. The number of halogens is 1. The molecule has 0 aliphatic heterocycles. The molecule has 116 valence electrons. The number of aromatic hydroxyl groups is 1. The van der Waals surface area contributed by atoms with E-state index in [4.69, 9.17) is 4.99 Å². The number of carbonyl (C=O) groups is 1. The van der Waals surface area contributed by atoms with E-state index in [9.17, 15) is 9.90 Å². The molecule has 0 heterocycles. The molecule has 1 N–H and O–H groups in total. The van der Waals surface area contributed by atoms with Crippen LogP contribution in [0.25, 0.3) is 0 Å². The highest BCUT2D eigenvalue weighted by Gasteiger charge is 2.32. The van der Waals surface area contributed by atoms with Crippen molar-refractivity contribution in [1.29, 1.82) is 0 Å². The zero-order chi connectivity index (χ0) is 16.7. The summed E-state index contributed by atoms with van der Waals surface area (Å²) in [4.78, 5) is 17.6. The zero-order valence-electron chi connectivity index (χ0n) is 12.5. The van der Waals surface area contributed by atoms with E-state index in [2.05, 4.69) is 15.9 Å². The molecule has 24 heavy (non-hydrogen) atoms. The van der Waals surface area contributed by atoms with Crippen LogP contribution in [0.3, 0.4) is 0 Å². The lowest BCUT2D eigenvalue weighted by molar-refractivity contribution is 0.103. The monoisotopic (exact) mass is 377 g/mol. The van der Waals surface area contributed by atoms with E-state index >= 15 is 0 Å². The van der Waals surface area contributed by atoms with E-state index in [-0.39, 0.29) is 11.5 Å². The van der Waals surface area contributed by atoms with Gasteiger partial charge in [0.15, 0.2) is 5.78 Å². The Labute approximate surface area is 147 Å². The van der Waals surface area contributed by atoms with Crippen LogP contribution in [-0.2, 0) is 0 Å². The van der Waals surface area contributed by atoms with Crippen LogP contribution in [0.5, 0.6) is 5.75 Å². The van der Waals surface area contributed by atoms with Gasteiger partial charge in [-0.1, -0.05) is 58.4 Å². The van der Waals surface area contributed by atoms with Crippen molar-refractivity contribution in [3.8, 4) is 5.75 Å². The lowest BCUT2D eigenvalue weighted by atomic mass is 9.83. The average Bonchev–Trinajstić information content (AvgIpc) is 2.61. The van der Waals surface area contributed by atoms with Gasteiger partial charge < -0.3 is 5.11 Å². The smallest absolute Gasteiger partial charge is 0.195 e. The third-order valence-corrected chi connectivity index (χ3v) is 4.68. The maximum absolute atomic E-state index is 12.9. The molecule has 0 saturated heterocycles. The maximum Gasteiger partial charge on any atom is 0.195 e. The molecular formula is C20H12BrNO2. The SMILES string of the molecule is O=C1c2ccccc2C(=Nc2ccccc2)c2c(O)ccc(Br)c21. The van der Waals surface area contributed by atoms with Crippen LogP contribution in [0.2, 0.25) is 0 Å². The van der Waals surface area contributed by atoms with Gasteiger partial charge in [0, 0.05) is 21.2 Å². The van der Waals surface area contributed by atoms with Gasteiger partial charge in [0.2, 0.25) is 0 Å². The van der Waals surface area contributed by atoms with Gasteiger partial charge >= 0.3 is 0 Å². The lowest BCUT2D eigenvalue weighted by Crippen LogP contribution is -2.22. The van der Waals surface area contributed by atoms with Gasteiger partial charge in [0.05, 0.1) is 17.0 Å². The predicted molar refractivity (Wildman–Crippen MR) is 97.4 cm³/mol. The molecule has 3 aromatic carbocycles. The molecule has 0 aromatic heterocycles. The Morgan fingerprint density at radius 1 is 0.792 bits per heavy atom. The maximum atomic E-state index is 12.9. The Morgan fingerprint density at radius 3 is 2.21 bits per heavy atom. The lowest BCUT2D eigenvalue weighted by Gasteiger charge is -2.22. The summed E-state index contributed by atoms with van der Waals surface area (Å²) in [6.45, 7) is 0. The quantitative estimate of drug-likeness (QED) is 0.514. The molecule has 4 heteroatoms. The highest BCUT2D eigenvalue weighted by atomic mass is 79.9. The Hall–Kier alpha value is -2.72. The summed E-state index contributed by atoms with van der Waals surface area (Å²) in [6.07, 6.45) is 0. The summed E-state index contributed by atoms with van der Waals surface area (Å²) in [5.74, 6) is -0.0684. The van der Waals surface area contributed by atoms with Crippen LogP contribution in [0, 0.1) is 0 Å². The number of aliphatic imine (C=N–C) groups is 1. The molecule has 1 aliphatic rings. The van der Waals surface area contributed by atoms with Crippen molar-refractivity contribution in [2.45, 2.75) is 0 Å². The van der Waals surface area contributed by atoms with Crippen molar-refractivity contribution in [3.63, 3.8) is 0 Å². The third-order valence-electron chi connectivity index (χ3n) is 4.02. The van der Waals surface area contributed by atoms with Gasteiger partial charge in [-0.3, -0.25) is 4.79 Å². The van der Waals surface area contributed by atoms with E-state index < -0.39 is 0 Å². The van der Waals surface area contributed by atoms with Crippen molar-refractivity contribution in [2.24, 2.45) is 4.99 Å². The van der Waals surface area contributed by atoms with Crippen LogP contribution in [0.1, 0.15) is 27.0 Å². The molecule has 3 nitrogen and oxygen atoms in total. The van der Waals surface area contributed by atoms with Crippen molar-refractivity contribution >= 4 is 33.1 Å². The zero-order valence-corrected chi connectivity index (χ0v) is 14.1. The fourth-order valence-electron chi connectivity index (χ4n) is 2.93. The number of hydrogen-bond acceptors (Lipinski definition) is 3. The summed E-state index contributed by atoms with van der Waals surface area (Å²) >= 11 is 3.43. The summed E-state index contributed by atoms with van der Waals surface area (Å²) in [6, 6.07) is 20.1. The second kappa shape index (κ2) is 5.73. The summed E-state index contributed by atoms with van der Waals surface area (Å²) in [5.41, 5.74) is 3.60. The Bertz CT molecular complexity index is 994. The number of phenols is 1. The van der Waals surface area contributed by atoms with E-state index in [0.29, 0.717) is 26.9 Å². The van der Waals surface area contributed by atoms with E-state index in [0.717, 1.165) is 11.3 Å². The van der Waals surface area contributed by atoms with Crippen molar-refractivity contribution < 1.29 is 9.90 Å². The Balaban J connectivity index is 2.08. The number of carbonyl (C=O) groups excluding carboxylic acids is 1. The Morgan fingerprint density at radius 2 is 1.46 bits per heavy atom. The van der Waals surface area contributed by atoms with Crippen LogP contribution in [0.4, 0.5) is 5.69 Å². The molecular weight excluding hydrogens is 366 g/mol. The van der Waals surface area contributed by atoms with Crippen LogP contribution in [-0.4, -0.2) is 16.6 Å². The molecule has 0 atom stereocenters. The molecule has 0 spiro atoms. The van der Waals surface area contributed by atoms with E-state index in [1.54, 1.807) is 18.2 Å². The number of ketones is 1. The number of rotatable bonds is 1. The van der Waals surface area contributed by atoms with Crippen LogP contribution >= 0.6 is 15.9 Å². The molecule has 0 unspecified atom stereocenters. The van der Waals surface area contributed by atoms with Crippen molar-refractivity contribution in [2.75, 3.05) is 0 Å². The normalized spacial score (nSPS) is 14.4. The minimum Gasteiger partial charge on any atom is -0.507 e. The van der Waals surface area contributed by atoms with Gasteiger partial charge in [-0.25, -0.2) is 4.99 Å². The first kappa shape index (κ1) is 14.8. The first-order valence-electron chi connectivity index (χ1n) is 7.46. The first-order valence-corrected chi connectivity index (χ1v) is 8.26.